The van der Waals surface area contributed by atoms with Crippen molar-refractivity contribution in [1.29, 1.82) is 0 Å². The van der Waals surface area contributed by atoms with E-state index in [1.54, 1.807) is 6.92 Å². The van der Waals surface area contributed by atoms with Crippen LogP contribution in [0.2, 0.25) is 0 Å². The maximum absolute atomic E-state index is 11.5. The first-order chi connectivity index (χ1) is 5.54. The quantitative estimate of drug-likeness (QED) is 0.524. The Morgan fingerprint density at radius 1 is 1.75 bits per heavy atom. The highest BCUT2D eigenvalue weighted by Crippen LogP contribution is 2.07. The largest absolute Gasteiger partial charge is 0.388 e. The van der Waals surface area contributed by atoms with Gasteiger partial charge in [0.15, 0.2) is 0 Å². The minimum atomic E-state index is -0.406. The van der Waals surface area contributed by atoms with Crippen molar-refractivity contribution < 1.29 is 14.4 Å². The van der Waals surface area contributed by atoms with Gasteiger partial charge < -0.3 is 5.11 Å². The molecule has 0 aromatic heterocycles. The van der Waals surface area contributed by atoms with Gasteiger partial charge in [0.05, 0.1) is 13.6 Å². The predicted molar refractivity (Wildman–Crippen MR) is 45.5 cm³/mol. The molecular weight excluding hydrogens is 156 g/mol. The van der Waals surface area contributed by atoms with Gasteiger partial charge in [-0.05, 0) is 6.92 Å². The lowest BCUT2D eigenvalue weighted by molar-refractivity contribution is -0.839. The molecule has 0 aliphatic carbocycles. The van der Waals surface area contributed by atoms with Crippen LogP contribution in [0.15, 0.2) is 0 Å². The molecular formula is C8H17N2O2+. The van der Waals surface area contributed by atoms with Gasteiger partial charge in [-0.1, -0.05) is 0 Å². The average molecular weight is 173 g/mol. The molecule has 0 aromatic carbocycles. The zero-order chi connectivity index (χ0) is 9.19. The molecule has 1 fully saturated rings. The minimum absolute atomic E-state index is 0.169. The second kappa shape index (κ2) is 3.51. The Bertz CT molecular complexity index is 182. The molecule has 1 amide bonds. The van der Waals surface area contributed by atoms with Crippen LogP contribution < -0.4 is 5.32 Å². The molecule has 4 nitrogen and oxygen atoms in total. The smallest absolute Gasteiger partial charge is 0.327 e. The molecule has 1 rings (SSSR count). The molecule has 2 atom stereocenters. The molecule has 0 saturated carbocycles. The Hall–Kier alpha value is -0.450. The minimum Gasteiger partial charge on any atom is -0.388 e. The molecule has 70 valence electrons. The highest BCUT2D eigenvalue weighted by Gasteiger charge is 2.34. The number of aliphatic hydroxyl groups excluding tert-OH is 1. The third kappa shape index (κ3) is 2.03. The van der Waals surface area contributed by atoms with Gasteiger partial charge in [0.25, 0.3) is 0 Å². The number of likely N-dealkylation sites (N-methyl/N-ethyl adjacent to an activating group) is 1. The Labute approximate surface area is 72.8 Å². The number of piperazine rings is 1. The van der Waals surface area contributed by atoms with Crippen LogP contribution in [-0.4, -0.2) is 54.8 Å². The Balaban J connectivity index is 2.59. The van der Waals surface area contributed by atoms with Gasteiger partial charge in [0.1, 0.15) is 19.2 Å². The summed E-state index contributed by atoms with van der Waals surface area (Å²) in [5.74, 6) is 0.169. The summed E-state index contributed by atoms with van der Waals surface area (Å²) in [4.78, 5) is 11.5. The first kappa shape index (κ1) is 9.64. The molecule has 1 heterocycles. The van der Waals surface area contributed by atoms with Crippen molar-refractivity contribution in [1.82, 2.24) is 5.32 Å². The number of carbonyl (C=O) groups excluding carboxylic acids is 1. The maximum atomic E-state index is 11.5. The molecule has 0 spiro atoms. The van der Waals surface area contributed by atoms with Gasteiger partial charge in [-0.3, -0.25) is 9.80 Å². The lowest BCUT2D eigenvalue weighted by Gasteiger charge is -2.35. The van der Waals surface area contributed by atoms with Crippen LogP contribution in [0.4, 0.5) is 0 Å². The molecule has 2 N–H and O–H groups in total. The lowest BCUT2D eigenvalue weighted by Crippen LogP contribution is -2.62. The zero-order valence-corrected chi connectivity index (χ0v) is 7.71. The zero-order valence-electron chi connectivity index (χ0n) is 7.71. The SMILES string of the molecule is CC(O)C[N+]1(C)CCNCC1=O. The van der Waals surface area contributed by atoms with Crippen LogP contribution >= 0.6 is 0 Å². The molecule has 4 heteroatoms. The number of carbonyl (C=O) groups is 1. The highest BCUT2D eigenvalue weighted by molar-refractivity contribution is 5.71. The third-order valence-corrected chi connectivity index (χ3v) is 2.33. The van der Waals surface area contributed by atoms with Crippen LogP contribution in [0.25, 0.3) is 0 Å². The van der Waals surface area contributed by atoms with E-state index in [1.807, 2.05) is 7.05 Å². The van der Waals surface area contributed by atoms with Crippen LogP contribution in [0.1, 0.15) is 6.92 Å². The Morgan fingerprint density at radius 3 is 2.92 bits per heavy atom. The molecule has 0 aromatic rings. The third-order valence-electron chi connectivity index (χ3n) is 2.33. The summed E-state index contributed by atoms with van der Waals surface area (Å²) in [6, 6.07) is 0. The molecule has 12 heavy (non-hydrogen) atoms. The van der Waals surface area contributed by atoms with Crippen molar-refractivity contribution in [2.24, 2.45) is 0 Å². The Kier molecular flexibility index (Phi) is 2.82. The number of hydrogen-bond donors (Lipinski definition) is 2. The van der Waals surface area contributed by atoms with Crippen molar-refractivity contribution in [2.45, 2.75) is 13.0 Å². The van der Waals surface area contributed by atoms with Gasteiger partial charge in [0.2, 0.25) is 0 Å². The number of nitrogens with one attached hydrogen (secondary N) is 1. The lowest BCUT2D eigenvalue weighted by atomic mass is 10.2. The van der Waals surface area contributed by atoms with Crippen molar-refractivity contribution >= 4 is 5.91 Å². The molecule has 1 saturated heterocycles. The molecule has 0 radical (unpaired) electrons. The standard InChI is InChI=1S/C8H17N2O2/c1-7(11)6-10(2)4-3-9-5-8(10)12/h7,9,11H,3-6H2,1-2H3/q+1. The molecule has 1 aliphatic heterocycles. The topological polar surface area (TPSA) is 49.3 Å². The number of hydrogen-bond acceptors (Lipinski definition) is 3. The van der Waals surface area contributed by atoms with Crippen LogP contribution in [0.3, 0.4) is 0 Å². The number of amides is 1. The van der Waals surface area contributed by atoms with E-state index in [9.17, 15) is 9.90 Å². The number of nitrogens with zero attached hydrogens (tertiary/aromatic N) is 1. The van der Waals surface area contributed by atoms with Crippen molar-refractivity contribution in [3.05, 3.63) is 0 Å². The summed E-state index contributed by atoms with van der Waals surface area (Å²) >= 11 is 0. The van der Waals surface area contributed by atoms with Gasteiger partial charge in [0, 0.05) is 6.54 Å². The monoisotopic (exact) mass is 173 g/mol. The van der Waals surface area contributed by atoms with Crippen molar-refractivity contribution in [3.8, 4) is 0 Å². The van der Waals surface area contributed by atoms with E-state index in [0.717, 1.165) is 13.1 Å². The highest BCUT2D eigenvalue weighted by atomic mass is 16.3. The van der Waals surface area contributed by atoms with Crippen LogP contribution in [0, 0.1) is 0 Å². The normalized spacial score (nSPS) is 33.4. The van der Waals surface area contributed by atoms with Gasteiger partial charge in [-0.15, -0.1) is 0 Å². The maximum Gasteiger partial charge on any atom is 0.327 e. The average Bonchev–Trinajstić information content (AvgIpc) is 1.94. The summed E-state index contributed by atoms with van der Waals surface area (Å²) in [5, 5.41) is 12.2. The second-order valence-electron chi connectivity index (χ2n) is 3.72. The van der Waals surface area contributed by atoms with E-state index in [-0.39, 0.29) is 5.91 Å². The molecule has 1 aliphatic rings. The van der Waals surface area contributed by atoms with Crippen LogP contribution in [-0.2, 0) is 4.79 Å². The Morgan fingerprint density at radius 2 is 2.42 bits per heavy atom. The first-order valence-corrected chi connectivity index (χ1v) is 4.31. The summed E-state index contributed by atoms with van der Waals surface area (Å²) in [7, 11) is 1.88. The van der Waals surface area contributed by atoms with E-state index in [0.29, 0.717) is 17.6 Å². The van der Waals surface area contributed by atoms with Crippen molar-refractivity contribution in [2.75, 3.05) is 33.2 Å². The first-order valence-electron chi connectivity index (χ1n) is 4.31. The summed E-state index contributed by atoms with van der Waals surface area (Å²) < 4.78 is 0.366. The second-order valence-corrected chi connectivity index (χ2v) is 3.72. The van der Waals surface area contributed by atoms with Crippen molar-refractivity contribution in [3.63, 3.8) is 0 Å². The van der Waals surface area contributed by atoms with E-state index in [2.05, 4.69) is 5.32 Å². The van der Waals surface area contributed by atoms with E-state index < -0.39 is 6.10 Å². The van der Waals surface area contributed by atoms with Gasteiger partial charge >= 0.3 is 5.91 Å². The van der Waals surface area contributed by atoms with E-state index in [4.69, 9.17) is 0 Å². The summed E-state index contributed by atoms with van der Waals surface area (Å²) in [6.07, 6.45) is -0.406. The molecule has 0 bridgehead atoms. The fourth-order valence-corrected chi connectivity index (χ4v) is 1.61. The summed E-state index contributed by atoms with van der Waals surface area (Å²) in [6.45, 7) is 4.32. The summed E-state index contributed by atoms with van der Waals surface area (Å²) in [5.41, 5.74) is 0. The fraction of sp³-hybridized carbons (Fsp3) is 0.875. The van der Waals surface area contributed by atoms with E-state index in [1.165, 1.54) is 0 Å². The van der Waals surface area contributed by atoms with Crippen LogP contribution in [0.5, 0.6) is 0 Å². The number of rotatable bonds is 2. The van der Waals surface area contributed by atoms with Gasteiger partial charge in [-0.25, -0.2) is 4.79 Å². The number of aliphatic hydroxyl groups is 1. The predicted octanol–water partition coefficient (Wildman–Crippen LogP) is -1.06. The molecule has 2 unspecified atom stereocenters. The number of quaternary nitrogens is 1. The van der Waals surface area contributed by atoms with Gasteiger partial charge in [-0.2, -0.15) is 0 Å². The fourth-order valence-electron chi connectivity index (χ4n) is 1.61. The van der Waals surface area contributed by atoms with E-state index >= 15 is 0 Å².